The number of nitrogens with zero attached hydrogens (tertiary/aromatic N) is 2. The van der Waals surface area contributed by atoms with Crippen molar-refractivity contribution in [1.29, 1.82) is 0 Å². The summed E-state index contributed by atoms with van der Waals surface area (Å²) in [4.78, 5) is 31.0. The molecule has 0 atom stereocenters. The maximum atomic E-state index is 13.0. The number of amides is 2. The topological polar surface area (TPSA) is 74.3 Å². The van der Waals surface area contributed by atoms with Crippen molar-refractivity contribution in [3.63, 3.8) is 0 Å². The number of nitrogens with one attached hydrogen (secondary N) is 2. The lowest BCUT2D eigenvalue weighted by molar-refractivity contribution is -0.116. The highest BCUT2D eigenvalue weighted by Crippen LogP contribution is 2.27. The van der Waals surface area contributed by atoms with E-state index in [4.69, 9.17) is 0 Å². The summed E-state index contributed by atoms with van der Waals surface area (Å²) in [5, 5.41) is 6.37. The number of pyridine rings is 1. The number of likely N-dealkylation sites (tertiary alicyclic amines) is 1. The summed E-state index contributed by atoms with van der Waals surface area (Å²) < 4.78 is 0. The Morgan fingerprint density at radius 1 is 1.03 bits per heavy atom. The fraction of sp³-hybridized carbons (Fsp3) is 0.483. The number of hydrogen-bond donors (Lipinski definition) is 2. The number of rotatable bonds is 9. The molecule has 0 unspecified atom stereocenters. The average molecular weight is 475 g/mol. The third kappa shape index (κ3) is 7.76. The molecule has 2 aromatic rings. The molecule has 2 N–H and O–H groups in total. The molecule has 2 saturated heterocycles. The van der Waals surface area contributed by atoms with Crippen molar-refractivity contribution >= 4 is 17.9 Å². The summed E-state index contributed by atoms with van der Waals surface area (Å²) in [6, 6.07) is 12.1. The lowest BCUT2D eigenvalue weighted by Gasteiger charge is -2.32. The van der Waals surface area contributed by atoms with Gasteiger partial charge in [0, 0.05) is 43.7 Å². The molecule has 0 radical (unpaired) electrons. The molecule has 1 aromatic heterocycles. The zero-order valence-corrected chi connectivity index (χ0v) is 20.6. The third-order valence-electron chi connectivity index (χ3n) is 7.32. The highest BCUT2D eigenvalue weighted by atomic mass is 16.2. The minimum Gasteiger partial charge on any atom is -0.353 e. The predicted octanol–water partition coefficient (Wildman–Crippen LogP) is 4.40. The molecular weight excluding hydrogens is 436 g/mol. The summed E-state index contributed by atoms with van der Waals surface area (Å²) in [5.74, 6) is 1.39. The van der Waals surface area contributed by atoms with Gasteiger partial charge in [-0.3, -0.25) is 14.6 Å². The lowest BCUT2D eigenvalue weighted by atomic mass is 9.89. The van der Waals surface area contributed by atoms with Crippen LogP contribution in [0.2, 0.25) is 0 Å². The van der Waals surface area contributed by atoms with Gasteiger partial charge in [-0.05, 0) is 92.4 Å². The van der Waals surface area contributed by atoms with Gasteiger partial charge >= 0.3 is 0 Å². The van der Waals surface area contributed by atoms with Crippen LogP contribution in [0.5, 0.6) is 0 Å². The van der Waals surface area contributed by atoms with Crippen LogP contribution in [-0.4, -0.2) is 54.4 Å². The van der Waals surface area contributed by atoms with Crippen LogP contribution in [-0.2, 0) is 4.79 Å². The molecule has 2 aliphatic heterocycles. The van der Waals surface area contributed by atoms with E-state index in [1.165, 1.54) is 18.4 Å². The standard InChI is InChI=1S/C29H38N4O2/c34-28(11-6-24-5-3-16-31-22-24)32-17-2-1-4-23-14-20-33(21-15-23)29(35)27-9-7-25(8-10-27)26-12-18-30-19-13-26/h3,5-11,16,22-23,26,30H,1-2,4,12-15,17-21H2,(H,32,34)/b11-6+. The average Bonchev–Trinajstić information content (AvgIpc) is 2.93. The smallest absolute Gasteiger partial charge is 0.253 e. The highest BCUT2D eigenvalue weighted by molar-refractivity contribution is 5.94. The van der Waals surface area contributed by atoms with Crippen LogP contribution in [0.1, 0.15) is 72.3 Å². The van der Waals surface area contributed by atoms with E-state index in [2.05, 4.69) is 27.8 Å². The summed E-state index contributed by atoms with van der Waals surface area (Å²) in [6.45, 7) is 4.55. The molecule has 0 saturated carbocycles. The van der Waals surface area contributed by atoms with E-state index in [1.54, 1.807) is 24.5 Å². The Kier molecular flexibility index (Phi) is 9.47. The summed E-state index contributed by atoms with van der Waals surface area (Å²) in [6.07, 6.45) is 14.5. The van der Waals surface area contributed by atoms with E-state index in [0.29, 0.717) is 18.4 Å². The molecule has 6 nitrogen and oxygen atoms in total. The van der Waals surface area contributed by atoms with Crippen LogP contribution in [0.25, 0.3) is 6.08 Å². The number of benzene rings is 1. The van der Waals surface area contributed by atoms with Crippen molar-refractivity contribution in [2.45, 2.75) is 50.9 Å². The highest BCUT2D eigenvalue weighted by Gasteiger charge is 2.24. The first-order chi connectivity index (χ1) is 17.2. The molecule has 4 rings (SSSR count). The van der Waals surface area contributed by atoms with Gasteiger partial charge in [-0.15, -0.1) is 0 Å². The van der Waals surface area contributed by atoms with Crippen molar-refractivity contribution in [3.8, 4) is 0 Å². The Bertz CT molecular complexity index is 960. The second kappa shape index (κ2) is 13.2. The Balaban J connectivity index is 1.10. The van der Waals surface area contributed by atoms with Crippen LogP contribution in [0.4, 0.5) is 0 Å². The van der Waals surface area contributed by atoms with Gasteiger partial charge in [0.25, 0.3) is 5.91 Å². The Labute approximate surface area is 209 Å². The molecule has 1 aromatic carbocycles. The zero-order chi connectivity index (χ0) is 24.3. The monoisotopic (exact) mass is 474 g/mol. The van der Waals surface area contributed by atoms with E-state index in [1.807, 2.05) is 29.2 Å². The first-order valence-corrected chi connectivity index (χ1v) is 13.1. The van der Waals surface area contributed by atoms with Crippen molar-refractivity contribution in [3.05, 3.63) is 71.6 Å². The van der Waals surface area contributed by atoms with Gasteiger partial charge in [0.2, 0.25) is 5.91 Å². The van der Waals surface area contributed by atoms with Gasteiger partial charge in [0.1, 0.15) is 0 Å². The van der Waals surface area contributed by atoms with Gasteiger partial charge in [-0.2, -0.15) is 0 Å². The minimum atomic E-state index is -0.0653. The molecule has 3 heterocycles. The first kappa shape index (κ1) is 25.1. The van der Waals surface area contributed by atoms with Crippen molar-refractivity contribution in [2.75, 3.05) is 32.7 Å². The summed E-state index contributed by atoms with van der Waals surface area (Å²) >= 11 is 0. The molecule has 0 bridgehead atoms. The Hall–Kier alpha value is -2.99. The first-order valence-electron chi connectivity index (χ1n) is 13.1. The molecule has 2 fully saturated rings. The number of carbonyl (C=O) groups is 2. The fourth-order valence-electron chi connectivity index (χ4n) is 5.14. The van der Waals surface area contributed by atoms with Crippen molar-refractivity contribution < 1.29 is 9.59 Å². The second-order valence-corrected chi connectivity index (χ2v) is 9.79. The van der Waals surface area contributed by atoms with Crippen LogP contribution in [0.15, 0.2) is 54.9 Å². The van der Waals surface area contributed by atoms with Crippen LogP contribution in [0, 0.1) is 5.92 Å². The SMILES string of the molecule is O=C(/C=C/c1cccnc1)NCCCCC1CCN(C(=O)c2ccc(C3CCNCC3)cc2)CC1. The van der Waals surface area contributed by atoms with Crippen molar-refractivity contribution in [2.24, 2.45) is 5.92 Å². The number of hydrogen-bond acceptors (Lipinski definition) is 4. The molecule has 2 amide bonds. The predicted molar refractivity (Wildman–Crippen MR) is 140 cm³/mol. The second-order valence-electron chi connectivity index (χ2n) is 9.79. The lowest BCUT2D eigenvalue weighted by Crippen LogP contribution is -2.38. The van der Waals surface area contributed by atoms with E-state index in [-0.39, 0.29) is 11.8 Å². The number of unbranched alkanes of at least 4 members (excludes halogenated alkanes) is 1. The molecule has 0 spiro atoms. The van der Waals surface area contributed by atoms with Gasteiger partial charge in [-0.1, -0.05) is 31.0 Å². The zero-order valence-electron chi connectivity index (χ0n) is 20.6. The number of piperidine rings is 2. The molecule has 35 heavy (non-hydrogen) atoms. The van der Waals surface area contributed by atoms with Gasteiger partial charge in [0.15, 0.2) is 0 Å². The van der Waals surface area contributed by atoms with E-state index in [9.17, 15) is 9.59 Å². The van der Waals surface area contributed by atoms with E-state index < -0.39 is 0 Å². The Morgan fingerprint density at radius 2 is 1.80 bits per heavy atom. The minimum absolute atomic E-state index is 0.0653. The Morgan fingerprint density at radius 3 is 2.51 bits per heavy atom. The molecular formula is C29H38N4O2. The van der Waals surface area contributed by atoms with Crippen LogP contribution in [0.3, 0.4) is 0 Å². The summed E-state index contributed by atoms with van der Waals surface area (Å²) in [5.41, 5.74) is 3.10. The maximum absolute atomic E-state index is 13.0. The molecule has 186 valence electrons. The number of carbonyl (C=O) groups excluding carboxylic acids is 2. The van der Waals surface area contributed by atoms with Crippen LogP contribution >= 0.6 is 0 Å². The van der Waals surface area contributed by atoms with Gasteiger partial charge in [-0.25, -0.2) is 0 Å². The molecule has 6 heteroatoms. The third-order valence-corrected chi connectivity index (χ3v) is 7.32. The molecule has 2 aliphatic rings. The van der Waals surface area contributed by atoms with E-state index in [0.717, 1.165) is 69.4 Å². The quantitative estimate of drug-likeness (QED) is 0.417. The fourth-order valence-corrected chi connectivity index (χ4v) is 5.14. The largest absolute Gasteiger partial charge is 0.353 e. The van der Waals surface area contributed by atoms with Crippen molar-refractivity contribution in [1.82, 2.24) is 20.5 Å². The molecule has 0 aliphatic carbocycles. The summed E-state index contributed by atoms with van der Waals surface area (Å²) in [7, 11) is 0. The van der Waals surface area contributed by atoms with Crippen LogP contribution < -0.4 is 10.6 Å². The van der Waals surface area contributed by atoms with E-state index >= 15 is 0 Å². The van der Waals surface area contributed by atoms with Gasteiger partial charge in [0.05, 0.1) is 0 Å². The normalized spacial score (nSPS) is 17.5. The van der Waals surface area contributed by atoms with Gasteiger partial charge < -0.3 is 15.5 Å². The number of aromatic nitrogens is 1. The maximum Gasteiger partial charge on any atom is 0.253 e.